The second kappa shape index (κ2) is 8.17. The Balaban J connectivity index is 1.87. The average Bonchev–Trinajstić information content (AvgIpc) is 2.55. The number of hydrogen-bond donors (Lipinski definition) is 1. The highest BCUT2D eigenvalue weighted by Crippen LogP contribution is 2.24. The van der Waals surface area contributed by atoms with Crippen molar-refractivity contribution in [2.75, 3.05) is 53.6 Å². The lowest BCUT2D eigenvalue weighted by molar-refractivity contribution is 0.0389. The van der Waals surface area contributed by atoms with Crippen molar-refractivity contribution in [1.29, 1.82) is 0 Å². The Kier molecular flexibility index (Phi) is 6.22. The minimum atomic E-state index is 0.697. The first-order valence-electron chi connectivity index (χ1n) is 7.05. The number of benzene rings is 1. The van der Waals surface area contributed by atoms with Gasteiger partial charge < -0.3 is 19.5 Å². The van der Waals surface area contributed by atoms with E-state index in [-0.39, 0.29) is 0 Å². The van der Waals surface area contributed by atoms with Crippen molar-refractivity contribution < 1.29 is 14.2 Å². The van der Waals surface area contributed by atoms with Gasteiger partial charge in [0.05, 0.1) is 33.0 Å². The van der Waals surface area contributed by atoms with Crippen LogP contribution in [0.5, 0.6) is 11.5 Å². The van der Waals surface area contributed by atoms with Crippen LogP contribution in [0, 0.1) is 0 Å². The molecule has 116 valence electrons. The first-order chi connectivity index (χ1) is 10.2. The molecule has 1 saturated heterocycles. The van der Waals surface area contributed by atoms with Gasteiger partial charge in [-0.05, 0) is 12.1 Å². The standard InChI is InChI=1S/C15H22N2O3S/c1-18-12-3-4-13(14(11-12)19-2)15(21)16-5-6-17-7-9-20-10-8-17/h3-4,11H,5-10H2,1-2H3,(H,16,21). The summed E-state index contributed by atoms with van der Waals surface area (Å²) in [7, 11) is 3.27. The summed E-state index contributed by atoms with van der Waals surface area (Å²) in [5.41, 5.74) is 0.885. The van der Waals surface area contributed by atoms with E-state index in [1.165, 1.54) is 0 Å². The number of thiocarbonyl (C=S) groups is 1. The number of rotatable bonds is 6. The van der Waals surface area contributed by atoms with Crippen LogP contribution in [0.2, 0.25) is 0 Å². The molecule has 5 nitrogen and oxygen atoms in total. The maximum Gasteiger partial charge on any atom is 0.132 e. The number of methoxy groups -OCH3 is 2. The third kappa shape index (κ3) is 4.56. The molecule has 0 amide bonds. The molecule has 0 atom stereocenters. The van der Waals surface area contributed by atoms with E-state index in [4.69, 9.17) is 26.4 Å². The van der Waals surface area contributed by atoms with Gasteiger partial charge in [0.25, 0.3) is 0 Å². The lowest BCUT2D eigenvalue weighted by Gasteiger charge is -2.26. The summed E-state index contributed by atoms with van der Waals surface area (Å²) in [5.74, 6) is 1.48. The first kappa shape index (κ1) is 16.0. The fraction of sp³-hybridized carbons (Fsp3) is 0.533. The van der Waals surface area contributed by atoms with Gasteiger partial charge in [-0.15, -0.1) is 0 Å². The van der Waals surface area contributed by atoms with Crippen LogP contribution in [0.25, 0.3) is 0 Å². The molecule has 1 heterocycles. The number of nitrogens with one attached hydrogen (secondary N) is 1. The largest absolute Gasteiger partial charge is 0.497 e. The molecule has 1 aliphatic rings. The van der Waals surface area contributed by atoms with Crippen LogP contribution >= 0.6 is 12.2 Å². The molecule has 1 aromatic rings. The highest BCUT2D eigenvalue weighted by atomic mass is 32.1. The Morgan fingerprint density at radius 1 is 1.29 bits per heavy atom. The summed E-state index contributed by atoms with van der Waals surface area (Å²) >= 11 is 5.45. The summed E-state index contributed by atoms with van der Waals surface area (Å²) in [6, 6.07) is 5.64. The van der Waals surface area contributed by atoms with Gasteiger partial charge in [0, 0.05) is 32.2 Å². The SMILES string of the molecule is COc1ccc(C(=S)NCCN2CCOCC2)c(OC)c1. The molecular formula is C15H22N2O3S. The predicted molar refractivity (Wildman–Crippen MR) is 86.5 cm³/mol. The van der Waals surface area contributed by atoms with E-state index in [9.17, 15) is 0 Å². The Morgan fingerprint density at radius 2 is 2.05 bits per heavy atom. The van der Waals surface area contributed by atoms with Crippen LogP contribution in [0.3, 0.4) is 0 Å². The zero-order chi connectivity index (χ0) is 15.1. The Hall–Kier alpha value is -1.37. The van der Waals surface area contributed by atoms with Crippen molar-refractivity contribution in [1.82, 2.24) is 10.2 Å². The third-order valence-corrected chi connectivity index (χ3v) is 3.83. The zero-order valence-electron chi connectivity index (χ0n) is 12.6. The lowest BCUT2D eigenvalue weighted by atomic mass is 10.2. The molecule has 1 aliphatic heterocycles. The molecule has 2 rings (SSSR count). The van der Waals surface area contributed by atoms with E-state index in [0.29, 0.717) is 4.99 Å². The van der Waals surface area contributed by atoms with Crippen molar-refractivity contribution in [3.05, 3.63) is 23.8 Å². The van der Waals surface area contributed by atoms with Gasteiger partial charge in [-0.2, -0.15) is 0 Å². The van der Waals surface area contributed by atoms with E-state index in [1.807, 2.05) is 18.2 Å². The summed E-state index contributed by atoms with van der Waals surface area (Å²) in [4.78, 5) is 3.06. The van der Waals surface area contributed by atoms with Crippen molar-refractivity contribution in [3.8, 4) is 11.5 Å². The van der Waals surface area contributed by atoms with Gasteiger partial charge >= 0.3 is 0 Å². The normalized spacial score (nSPS) is 15.5. The van der Waals surface area contributed by atoms with Gasteiger partial charge in [-0.25, -0.2) is 0 Å². The van der Waals surface area contributed by atoms with E-state index in [2.05, 4.69) is 10.2 Å². The molecule has 1 N–H and O–H groups in total. The predicted octanol–water partition coefficient (Wildman–Crippen LogP) is 1.30. The number of ether oxygens (including phenoxy) is 3. The van der Waals surface area contributed by atoms with E-state index < -0.39 is 0 Å². The summed E-state index contributed by atoms with van der Waals surface area (Å²) in [5, 5.41) is 3.29. The molecular weight excluding hydrogens is 288 g/mol. The maximum absolute atomic E-state index is 5.45. The van der Waals surface area contributed by atoms with Crippen LogP contribution < -0.4 is 14.8 Å². The van der Waals surface area contributed by atoms with Gasteiger partial charge in [-0.3, -0.25) is 4.90 Å². The molecule has 6 heteroatoms. The minimum Gasteiger partial charge on any atom is -0.497 e. The highest BCUT2D eigenvalue weighted by Gasteiger charge is 2.12. The molecule has 0 radical (unpaired) electrons. The van der Waals surface area contributed by atoms with Gasteiger partial charge in [0.15, 0.2) is 0 Å². The molecule has 0 bridgehead atoms. The topological polar surface area (TPSA) is 43.0 Å². The van der Waals surface area contributed by atoms with Crippen LogP contribution in [0.4, 0.5) is 0 Å². The van der Waals surface area contributed by atoms with Crippen LogP contribution in [-0.2, 0) is 4.74 Å². The van der Waals surface area contributed by atoms with Crippen molar-refractivity contribution >= 4 is 17.2 Å². The molecule has 1 fully saturated rings. The monoisotopic (exact) mass is 310 g/mol. The summed E-state index contributed by atoms with van der Waals surface area (Å²) < 4.78 is 15.9. The quantitative estimate of drug-likeness (QED) is 0.799. The fourth-order valence-corrected chi connectivity index (χ4v) is 2.50. The summed E-state index contributed by atoms with van der Waals surface area (Å²) in [6.07, 6.45) is 0. The molecule has 0 aromatic heterocycles. The maximum atomic E-state index is 5.45. The van der Waals surface area contributed by atoms with Crippen LogP contribution in [0.1, 0.15) is 5.56 Å². The molecule has 1 aromatic carbocycles. The Labute approximate surface area is 131 Å². The minimum absolute atomic E-state index is 0.697. The second-order valence-electron chi connectivity index (χ2n) is 4.78. The smallest absolute Gasteiger partial charge is 0.132 e. The second-order valence-corrected chi connectivity index (χ2v) is 5.18. The Bertz CT molecular complexity index is 476. The number of morpholine rings is 1. The number of nitrogens with zero attached hydrogens (tertiary/aromatic N) is 1. The van der Waals surface area contributed by atoms with Crippen molar-refractivity contribution in [2.45, 2.75) is 0 Å². The van der Waals surface area contributed by atoms with Crippen LogP contribution in [-0.4, -0.2) is 63.5 Å². The molecule has 0 aliphatic carbocycles. The van der Waals surface area contributed by atoms with Crippen molar-refractivity contribution in [2.24, 2.45) is 0 Å². The number of hydrogen-bond acceptors (Lipinski definition) is 5. The molecule has 0 spiro atoms. The van der Waals surface area contributed by atoms with Crippen LogP contribution in [0.15, 0.2) is 18.2 Å². The Morgan fingerprint density at radius 3 is 2.71 bits per heavy atom. The van der Waals surface area contributed by atoms with E-state index >= 15 is 0 Å². The third-order valence-electron chi connectivity index (χ3n) is 3.47. The van der Waals surface area contributed by atoms with Gasteiger partial charge in [-0.1, -0.05) is 12.2 Å². The van der Waals surface area contributed by atoms with Gasteiger partial charge in [0.1, 0.15) is 16.5 Å². The molecule has 0 unspecified atom stereocenters. The van der Waals surface area contributed by atoms with E-state index in [1.54, 1.807) is 14.2 Å². The average molecular weight is 310 g/mol. The molecule has 21 heavy (non-hydrogen) atoms. The first-order valence-corrected chi connectivity index (χ1v) is 7.45. The summed E-state index contributed by atoms with van der Waals surface area (Å²) in [6.45, 7) is 5.38. The molecule has 0 saturated carbocycles. The fourth-order valence-electron chi connectivity index (χ4n) is 2.23. The van der Waals surface area contributed by atoms with Crippen molar-refractivity contribution in [3.63, 3.8) is 0 Å². The van der Waals surface area contributed by atoms with E-state index in [0.717, 1.165) is 56.5 Å². The zero-order valence-corrected chi connectivity index (χ0v) is 13.4. The highest BCUT2D eigenvalue weighted by molar-refractivity contribution is 7.80. The van der Waals surface area contributed by atoms with Gasteiger partial charge in [0.2, 0.25) is 0 Å². The lowest BCUT2D eigenvalue weighted by Crippen LogP contribution is -2.41.